The molecule has 1 heteroatoms. The number of benzene rings is 1. The second-order valence-electron chi connectivity index (χ2n) is 6.49. The highest BCUT2D eigenvalue weighted by Crippen LogP contribution is 2.43. The van der Waals surface area contributed by atoms with Crippen LogP contribution in [0.25, 0.3) is 0 Å². The van der Waals surface area contributed by atoms with Crippen molar-refractivity contribution < 1.29 is 0 Å². The van der Waals surface area contributed by atoms with Crippen LogP contribution in [0, 0.1) is 0 Å². The summed E-state index contributed by atoms with van der Waals surface area (Å²) in [5.74, 6) is 0. The SMILES string of the molecule is CNCC1(c2ccc(C(C)(C)C)cc2)CCC1. The molecule has 1 nitrogen and oxygen atoms in total. The van der Waals surface area contributed by atoms with Gasteiger partial charge in [0.2, 0.25) is 0 Å². The van der Waals surface area contributed by atoms with E-state index in [2.05, 4.69) is 57.4 Å². The minimum absolute atomic E-state index is 0.258. The molecule has 0 bridgehead atoms. The Bertz CT molecular complexity index is 366. The van der Waals surface area contributed by atoms with Gasteiger partial charge in [-0.2, -0.15) is 0 Å². The summed E-state index contributed by atoms with van der Waals surface area (Å²) < 4.78 is 0. The Morgan fingerprint density at radius 3 is 2.06 bits per heavy atom. The van der Waals surface area contributed by atoms with Gasteiger partial charge in [-0.05, 0) is 36.4 Å². The van der Waals surface area contributed by atoms with Crippen molar-refractivity contribution in [1.82, 2.24) is 5.32 Å². The summed E-state index contributed by atoms with van der Waals surface area (Å²) in [6, 6.07) is 9.31. The van der Waals surface area contributed by atoms with Gasteiger partial charge < -0.3 is 5.32 Å². The summed E-state index contributed by atoms with van der Waals surface area (Å²) in [4.78, 5) is 0. The first-order valence-corrected chi connectivity index (χ1v) is 6.74. The zero-order chi connectivity index (χ0) is 12.5. The molecule has 0 saturated heterocycles. The molecule has 0 aliphatic heterocycles. The van der Waals surface area contributed by atoms with Crippen molar-refractivity contribution in [3.05, 3.63) is 35.4 Å². The summed E-state index contributed by atoms with van der Waals surface area (Å²) in [5.41, 5.74) is 3.63. The molecule has 0 amide bonds. The molecule has 1 N–H and O–H groups in total. The summed E-state index contributed by atoms with van der Waals surface area (Å²) in [6.07, 6.45) is 4.05. The van der Waals surface area contributed by atoms with E-state index in [1.54, 1.807) is 0 Å². The Kier molecular flexibility index (Phi) is 3.31. The topological polar surface area (TPSA) is 12.0 Å². The van der Waals surface area contributed by atoms with Gasteiger partial charge in [-0.25, -0.2) is 0 Å². The number of rotatable bonds is 3. The van der Waals surface area contributed by atoms with Crippen molar-refractivity contribution >= 4 is 0 Å². The van der Waals surface area contributed by atoms with Gasteiger partial charge in [0.05, 0.1) is 0 Å². The van der Waals surface area contributed by atoms with E-state index in [-0.39, 0.29) is 5.41 Å². The fourth-order valence-corrected chi connectivity index (χ4v) is 2.83. The van der Waals surface area contributed by atoms with Gasteiger partial charge in [-0.3, -0.25) is 0 Å². The molecular weight excluding hydrogens is 206 g/mol. The molecule has 94 valence electrons. The highest BCUT2D eigenvalue weighted by Gasteiger charge is 2.37. The van der Waals surface area contributed by atoms with Crippen molar-refractivity contribution in [2.45, 2.75) is 50.9 Å². The second-order valence-corrected chi connectivity index (χ2v) is 6.49. The Hall–Kier alpha value is -0.820. The lowest BCUT2D eigenvalue weighted by atomic mass is 9.64. The molecule has 0 aromatic heterocycles. The first kappa shape index (κ1) is 12.6. The highest BCUT2D eigenvalue weighted by atomic mass is 14.8. The zero-order valence-electron chi connectivity index (χ0n) is 11.6. The van der Waals surface area contributed by atoms with Crippen LogP contribution in [-0.2, 0) is 10.8 Å². The van der Waals surface area contributed by atoms with Crippen molar-refractivity contribution in [2.75, 3.05) is 13.6 Å². The van der Waals surface area contributed by atoms with Crippen molar-refractivity contribution in [2.24, 2.45) is 0 Å². The van der Waals surface area contributed by atoms with Crippen LogP contribution in [0.1, 0.15) is 51.2 Å². The van der Waals surface area contributed by atoms with Crippen molar-refractivity contribution in [3.63, 3.8) is 0 Å². The molecule has 1 aromatic carbocycles. The lowest BCUT2D eigenvalue weighted by molar-refractivity contribution is 0.239. The van der Waals surface area contributed by atoms with Crippen LogP contribution in [0.5, 0.6) is 0 Å². The predicted octanol–water partition coefficient (Wildman–Crippen LogP) is 3.63. The van der Waals surface area contributed by atoms with Crippen LogP contribution in [0.3, 0.4) is 0 Å². The van der Waals surface area contributed by atoms with E-state index in [4.69, 9.17) is 0 Å². The van der Waals surface area contributed by atoms with Gasteiger partial charge in [0.25, 0.3) is 0 Å². The maximum Gasteiger partial charge on any atom is 0.00776 e. The monoisotopic (exact) mass is 231 g/mol. The second kappa shape index (κ2) is 4.45. The third-order valence-corrected chi connectivity index (χ3v) is 4.19. The fourth-order valence-electron chi connectivity index (χ4n) is 2.83. The van der Waals surface area contributed by atoms with Crippen molar-refractivity contribution in [1.29, 1.82) is 0 Å². The van der Waals surface area contributed by atoms with Crippen LogP contribution in [0.15, 0.2) is 24.3 Å². The fraction of sp³-hybridized carbons (Fsp3) is 0.625. The molecule has 0 atom stereocenters. The Morgan fingerprint density at radius 2 is 1.71 bits per heavy atom. The average Bonchev–Trinajstić information content (AvgIpc) is 2.22. The molecule has 1 aromatic rings. The van der Waals surface area contributed by atoms with Gasteiger partial charge in [0.1, 0.15) is 0 Å². The van der Waals surface area contributed by atoms with E-state index in [1.165, 1.54) is 30.4 Å². The van der Waals surface area contributed by atoms with E-state index in [9.17, 15) is 0 Å². The van der Waals surface area contributed by atoms with E-state index in [0.29, 0.717) is 5.41 Å². The molecular formula is C16H25N. The summed E-state index contributed by atoms with van der Waals surface area (Å²) in [6.45, 7) is 7.93. The first-order valence-electron chi connectivity index (χ1n) is 6.74. The Morgan fingerprint density at radius 1 is 1.12 bits per heavy atom. The number of likely N-dealkylation sites (N-methyl/N-ethyl adjacent to an activating group) is 1. The van der Waals surface area contributed by atoms with E-state index in [1.807, 2.05) is 0 Å². The molecule has 0 spiro atoms. The molecule has 1 aliphatic rings. The molecule has 17 heavy (non-hydrogen) atoms. The summed E-state index contributed by atoms with van der Waals surface area (Å²) >= 11 is 0. The summed E-state index contributed by atoms with van der Waals surface area (Å²) in [5, 5.41) is 3.35. The van der Waals surface area contributed by atoms with Gasteiger partial charge in [-0.15, -0.1) is 0 Å². The average molecular weight is 231 g/mol. The van der Waals surface area contributed by atoms with Gasteiger partial charge in [0, 0.05) is 12.0 Å². The van der Waals surface area contributed by atoms with Crippen LogP contribution in [0.2, 0.25) is 0 Å². The van der Waals surface area contributed by atoms with Crippen LogP contribution >= 0.6 is 0 Å². The van der Waals surface area contributed by atoms with Gasteiger partial charge in [0.15, 0.2) is 0 Å². The van der Waals surface area contributed by atoms with Crippen LogP contribution in [-0.4, -0.2) is 13.6 Å². The Balaban J connectivity index is 2.23. The minimum atomic E-state index is 0.258. The maximum atomic E-state index is 3.35. The third-order valence-electron chi connectivity index (χ3n) is 4.19. The lowest BCUT2D eigenvalue weighted by Gasteiger charge is -2.42. The van der Waals surface area contributed by atoms with E-state index in [0.717, 1.165) is 6.54 Å². The predicted molar refractivity (Wildman–Crippen MR) is 74.6 cm³/mol. The quantitative estimate of drug-likeness (QED) is 0.837. The normalized spacial score (nSPS) is 18.8. The zero-order valence-corrected chi connectivity index (χ0v) is 11.6. The standard InChI is InChI=1S/C16H25N/c1-15(2,3)13-6-8-14(9-7-13)16(12-17-4)10-5-11-16/h6-9,17H,5,10-12H2,1-4H3. The van der Waals surface area contributed by atoms with Gasteiger partial charge in [-0.1, -0.05) is 51.5 Å². The number of hydrogen-bond donors (Lipinski definition) is 1. The Labute approximate surface area is 106 Å². The minimum Gasteiger partial charge on any atom is -0.319 e. The van der Waals surface area contributed by atoms with Crippen molar-refractivity contribution in [3.8, 4) is 0 Å². The number of hydrogen-bond acceptors (Lipinski definition) is 1. The largest absolute Gasteiger partial charge is 0.319 e. The number of nitrogens with one attached hydrogen (secondary N) is 1. The van der Waals surface area contributed by atoms with Crippen LogP contribution < -0.4 is 5.32 Å². The molecule has 0 unspecified atom stereocenters. The molecule has 1 saturated carbocycles. The summed E-state index contributed by atoms with van der Waals surface area (Å²) in [7, 11) is 2.06. The smallest absolute Gasteiger partial charge is 0.00776 e. The molecule has 1 aliphatic carbocycles. The molecule has 0 radical (unpaired) electrons. The van der Waals surface area contributed by atoms with Gasteiger partial charge >= 0.3 is 0 Å². The van der Waals surface area contributed by atoms with E-state index < -0.39 is 0 Å². The van der Waals surface area contributed by atoms with Crippen LogP contribution in [0.4, 0.5) is 0 Å². The highest BCUT2D eigenvalue weighted by molar-refractivity contribution is 5.34. The lowest BCUT2D eigenvalue weighted by Crippen LogP contribution is -2.42. The first-order chi connectivity index (χ1) is 7.98. The maximum absolute atomic E-state index is 3.35. The van der Waals surface area contributed by atoms with E-state index >= 15 is 0 Å². The molecule has 2 rings (SSSR count). The third kappa shape index (κ3) is 2.40. The molecule has 1 fully saturated rings. The molecule has 0 heterocycles.